The number of hydrogen-bond acceptors (Lipinski definition) is 3. The van der Waals surface area contributed by atoms with E-state index in [1.54, 1.807) is 0 Å². The van der Waals surface area contributed by atoms with Crippen LogP contribution in [0, 0.1) is 0 Å². The van der Waals surface area contributed by atoms with Crippen LogP contribution in [-0.4, -0.2) is 37.2 Å². The predicted molar refractivity (Wildman–Crippen MR) is 69.9 cm³/mol. The number of nitrogens with two attached hydrogens (primary N) is 1. The van der Waals surface area contributed by atoms with E-state index >= 15 is 0 Å². The van der Waals surface area contributed by atoms with Gasteiger partial charge in [0.25, 0.3) is 0 Å². The molecule has 0 saturated carbocycles. The summed E-state index contributed by atoms with van der Waals surface area (Å²) < 4.78 is 5.37. The molecule has 1 saturated heterocycles. The van der Waals surface area contributed by atoms with Crippen LogP contribution in [0.3, 0.4) is 0 Å². The van der Waals surface area contributed by atoms with Crippen LogP contribution >= 0.6 is 0 Å². The Morgan fingerprint density at radius 3 is 2.53 bits per heavy atom. The van der Waals surface area contributed by atoms with Gasteiger partial charge in [-0.2, -0.15) is 0 Å². The summed E-state index contributed by atoms with van der Waals surface area (Å²) in [5, 5.41) is 0. The van der Waals surface area contributed by atoms with Gasteiger partial charge in [0.1, 0.15) is 0 Å². The molecule has 2 N–H and O–H groups in total. The molecule has 1 heterocycles. The third-order valence-electron chi connectivity index (χ3n) is 3.16. The lowest BCUT2D eigenvalue weighted by molar-refractivity contribution is 0.0340. The van der Waals surface area contributed by atoms with Crippen molar-refractivity contribution in [2.45, 2.75) is 25.9 Å². The molecule has 17 heavy (non-hydrogen) atoms. The first kappa shape index (κ1) is 12.6. The predicted octanol–water partition coefficient (Wildman–Crippen LogP) is 1.41. The van der Waals surface area contributed by atoms with Crippen molar-refractivity contribution in [2.75, 3.05) is 26.3 Å². The first-order chi connectivity index (χ1) is 8.25. The molecule has 0 radical (unpaired) electrons. The van der Waals surface area contributed by atoms with Gasteiger partial charge in [-0.15, -0.1) is 0 Å². The maximum absolute atomic E-state index is 5.89. The van der Waals surface area contributed by atoms with Gasteiger partial charge in [-0.3, -0.25) is 4.90 Å². The monoisotopic (exact) mass is 234 g/mol. The highest BCUT2D eigenvalue weighted by Crippen LogP contribution is 2.14. The fraction of sp³-hybridized carbons (Fsp3) is 0.571. The van der Waals surface area contributed by atoms with E-state index in [2.05, 4.69) is 36.1 Å². The second-order valence-corrected chi connectivity index (χ2v) is 4.84. The molecule has 1 aliphatic rings. The fourth-order valence-corrected chi connectivity index (χ4v) is 2.26. The van der Waals surface area contributed by atoms with Gasteiger partial charge in [-0.1, -0.05) is 24.3 Å². The summed E-state index contributed by atoms with van der Waals surface area (Å²) in [6, 6.07) is 8.84. The molecule has 0 spiro atoms. The molecule has 0 aliphatic carbocycles. The van der Waals surface area contributed by atoms with Gasteiger partial charge in [0.2, 0.25) is 0 Å². The number of nitrogens with zero attached hydrogens (tertiary/aromatic N) is 1. The number of benzene rings is 1. The average molecular weight is 234 g/mol. The lowest BCUT2D eigenvalue weighted by atomic mass is 10.0. The summed E-state index contributed by atoms with van der Waals surface area (Å²) in [6.07, 6.45) is 0.959. The van der Waals surface area contributed by atoms with Gasteiger partial charge in [-0.05, 0) is 24.5 Å². The van der Waals surface area contributed by atoms with Gasteiger partial charge in [0, 0.05) is 25.7 Å². The molecule has 1 atom stereocenters. The smallest absolute Gasteiger partial charge is 0.0594 e. The largest absolute Gasteiger partial charge is 0.379 e. The third-order valence-corrected chi connectivity index (χ3v) is 3.16. The van der Waals surface area contributed by atoms with Gasteiger partial charge >= 0.3 is 0 Å². The van der Waals surface area contributed by atoms with E-state index in [1.807, 2.05) is 0 Å². The fourth-order valence-electron chi connectivity index (χ4n) is 2.26. The highest BCUT2D eigenvalue weighted by atomic mass is 16.5. The summed E-state index contributed by atoms with van der Waals surface area (Å²) in [5.74, 6) is 0. The van der Waals surface area contributed by atoms with Crippen molar-refractivity contribution in [2.24, 2.45) is 5.73 Å². The molecule has 0 bridgehead atoms. The summed E-state index contributed by atoms with van der Waals surface area (Å²) in [6.45, 7) is 6.86. The summed E-state index contributed by atoms with van der Waals surface area (Å²) in [4.78, 5) is 2.45. The van der Waals surface area contributed by atoms with Crippen molar-refractivity contribution in [3.63, 3.8) is 0 Å². The van der Waals surface area contributed by atoms with Gasteiger partial charge < -0.3 is 10.5 Å². The second-order valence-electron chi connectivity index (χ2n) is 4.84. The van der Waals surface area contributed by atoms with Crippen LogP contribution in [0.1, 0.15) is 18.1 Å². The minimum absolute atomic E-state index is 0.223. The summed E-state index contributed by atoms with van der Waals surface area (Å²) >= 11 is 0. The van der Waals surface area contributed by atoms with Crippen molar-refractivity contribution >= 4 is 0 Å². The Morgan fingerprint density at radius 1 is 1.24 bits per heavy atom. The first-order valence-electron chi connectivity index (χ1n) is 6.38. The topological polar surface area (TPSA) is 38.5 Å². The van der Waals surface area contributed by atoms with Crippen LogP contribution in [0.15, 0.2) is 24.3 Å². The third kappa shape index (κ3) is 3.80. The lowest BCUT2D eigenvalue weighted by Gasteiger charge is -2.27. The molecule has 3 nitrogen and oxygen atoms in total. The number of hydrogen-bond donors (Lipinski definition) is 1. The first-order valence-corrected chi connectivity index (χ1v) is 6.38. The van der Waals surface area contributed by atoms with Crippen molar-refractivity contribution < 1.29 is 4.74 Å². The van der Waals surface area contributed by atoms with Crippen molar-refractivity contribution in [1.29, 1.82) is 0 Å². The molecule has 1 aromatic rings. The van der Waals surface area contributed by atoms with Crippen LogP contribution in [-0.2, 0) is 17.7 Å². The normalized spacial score (nSPS) is 19.2. The Bertz CT molecular complexity index is 346. The van der Waals surface area contributed by atoms with Gasteiger partial charge in [-0.25, -0.2) is 0 Å². The van der Waals surface area contributed by atoms with E-state index in [-0.39, 0.29) is 6.04 Å². The molecule has 0 amide bonds. The maximum atomic E-state index is 5.89. The number of ether oxygens (including phenoxy) is 1. The molecule has 94 valence electrons. The minimum Gasteiger partial charge on any atom is -0.379 e. The Labute approximate surface area is 104 Å². The standard InChI is InChI=1S/C14H22N2O/c1-12(15)10-13-4-2-3-5-14(13)11-16-6-8-17-9-7-16/h2-5,12H,6-11,15H2,1H3. The molecule has 1 aliphatic heterocycles. The van der Waals surface area contributed by atoms with Crippen molar-refractivity contribution in [1.82, 2.24) is 4.90 Å². The van der Waals surface area contributed by atoms with E-state index in [1.165, 1.54) is 11.1 Å². The molecule has 3 heteroatoms. The molecule has 2 rings (SSSR count). The molecular formula is C14H22N2O. The quantitative estimate of drug-likeness (QED) is 0.856. The van der Waals surface area contributed by atoms with Crippen LogP contribution in [0.4, 0.5) is 0 Å². The maximum Gasteiger partial charge on any atom is 0.0594 e. The number of morpholine rings is 1. The molecule has 0 aromatic heterocycles. The summed E-state index contributed by atoms with van der Waals surface area (Å²) in [7, 11) is 0. The SMILES string of the molecule is CC(N)Cc1ccccc1CN1CCOCC1. The molecular weight excluding hydrogens is 212 g/mol. The molecule has 1 fully saturated rings. The van der Waals surface area contributed by atoms with E-state index < -0.39 is 0 Å². The van der Waals surface area contributed by atoms with Crippen molar-refractivity contribution in [3.8, 4) is 0 Å². The van der Waals surface area contributed by atoms with Crippen LogP contribution in [0.25, 0.3) is 0 Å². The van der Waals surface area contributed by atoms with Crippen LogP contribution < -0.4 is 5.73 Å². The zero-order valence-corrected chi connectivity index (χ0v) is 10.6. The minimum atomic E-state index is 0.223. The summed E-state index contributed by atoms with van der Waals surface area (Å²) in [5.41, 5.74) is 8.69. The van der Waals surface area contributed by atoms with E-state index in [0.29, 0.717) is 0 Å². The molecule has 1 unspecified atom stereocenters. The Hall–Kier alpha value is -0.900. The Kier molecular flexibility index (Phi) is 4.54. The van der Waals surface area contributed by atoms with E-state index in [9.17, 15) is 0 Å². The highest BCUT2D eigenvalue weighted by molar-refractivity contribution is 5.27. The highest BCUT2D eigenvalue weighted by Gasteiger charge is 2.12. The lowest BCUT2D eigenvalue weighted by Crippen LogP contribution is -2.36. The van der Waals surface area contributed by atoms with E-state index in [0.717, 1.165) is 39.3 Å². The Balaban J connectivity index is 2.03. The average Bonchev–Trinajstić information content (AvgIpc) is 2.32. The second kappa shape index (κ2) is 6.15. The van der Waals surface area contributed by atoms with E-state index in [4.69, 9.17) is 10.5 Å². The zero-order chi connectivity index (χ0) is 12.1. The van der Waals surface area contributed by atoms with Crippen LogP contribution in [0.5, 0.6) is 0 Å². The van der Waals surface area contributed by atoms with Gasteiger partial charge in [0.05, 0.1) is 13.2 Å². The molecule has 1 aromatic carbocycles. The number of rotatable bonds is 4. The van der Waals surface area contributed by atoms with Crippen LogP contribution in [0.2, 0.25) is 0 Å². The van der Waals surface area contributed by atoms with Gasteiger partial charge in [0.15, 0.2) is 0 Å². The van der Waals surface area contributed by atoms with Crippen molar-refractivity contribution in [3.05, 3.63) is 35.4 Å². The zero-order valence-electron chi connectivity index (χ0n) is 10.6. The Morgan fingerprint density at radius 2 is 1.88 bits per heavy atom.